The van der Waals surface area contributed by atoms with Crippen molar-refractivity contribution >= 4 is 0 Å². The lowest BCUT2D eigenvalue weighted by Gasteiger charge is -1.99. The topological polar surface area (TPSA) is 56.7 Å². The molecule has 4 heteroatoms. The van der Waals surface area contributed by atoms with E-state index in [1.807, 2.05) is 7.05 Å². The van der Waals surface area contributed by atoms with Crippen molar-refractivity contribution in [3.8, 4) is 11.4 Å². The van der Waals surface area contributed by atoms with Crippen LogP contribution in [0.25, 0.3) is 11.4 Å². The van der Waals surface area contributed by atoms with Gasteiger partial charge >= 0.3 is 0 Å². The maximum atomic E-state index is 5.58. The molecule has 0 spiro atoms. The van der Waals surface area contributed by atoms with Crippen LogP contribution in [-0.4, -0.2) is 14.8 Å². The van der Waals surface area contributed by atoms with E-state index in [0.717, 1.165) is 23.6 Å². The lowest BCUT2D eigenvalue weighted by atomic mass is 10.1. The van der Waals surface area contributed by atoms with E-state index >= 15 is 0 Å². The first-order valence-corrected chi connectivity index (χ1v) is 5.94. The van der Waals surface area contributed by atoms with Crippen LogP contribution in [0, 0.1) is 0 Å². The van der Waals surface area contributed by atoms with E-state index in [9.17, 15) is 0 Å². The molecule has 0 unspecified atom stereocenters. The first kappa shape index (κ1) is 11.8. The Morgan fingerprint density at radius 1 is 1.24 bits per heavy atom. The molecule has 0 radical (unpaired) electrons. The zero-order valence-corrected chi connectivity index (χ0v) is 10.3. The Morgan fingerprint density at radius 2 is 1.94 bits per heavy atom. The molecule has 2 aromatic rings. The number of benzene rings is 1. The Morgan fingerprint density at radius 3 is 2.47 bits per heavy atom. The zero-order valence-electron chi connectivity index (χ0n) is 10.3. The van der Waals surface area contributed by atoms with Crippen LogP contribution >= 0.6 is 0 Å². The molecule has 0 aliphatic heterocycles. The van der Waals surface area contributed by atoms with Gasteiger partial charge in [0.15, 0.2) is 5.82 Å². The van der Waals surface area contributed by atoms with Crippen LogP contribution < -0.4 is 5.73 Å². The summed E-state index contributed by atoms with van der Waals surface area (Å²) in [6.07, 6.45) is 2.28. The fourth-order valence-corrected chi connectivity index (χ4v) is 1.83. The number of rotatable bonds is 4. The zero-order chi connectivity index (χ0) is 12.3. The van der Waals surface area contributed by atoms with Gasteiger partial charge in [-0.1, -0.05) is 37.6 Å². The predicted molar refractivity (Wildman–Crippen MR) is 68.3 cm³/mol. The number of nitrogens with two attached hydrogens (primary N) is 1. The van der Waals surface area contributed by atoms with Gasteiger partial charge in [-0.05, 0) is 12.0 Å². The number of hydrogen-bond acceptors (Lipinski definition) is 3. The minimum absolute atomic E-state index is 0.414. The van der Waals surface area contributed by atoms with Crippen molar-refractivity contribution in [1.29, 1.82) is 0 Å². The van der Waals surface area contributed by atoms with E-state index in [4.69, 9.17) is 5.73 Å². The second kappa shape index (κ2) is 5.10. The Labute approximate surface area is 101 Å². The normalized spacial score (nSPS) is 10.8. The van der Waals surface area contributed by atoms with Crippen molar-refractivity contribution in [2.24, 2.45) is 12.8 Å². The molecule has 2 N–H and O–H groups in total. The van der Waals surface area contributed by atoms with Gasteiger partial charge < -0.3 is 5.73 Å². The molecule has 0 atom stereocenters. The minimum atomic E-state index is 0.414. The summed E-state index contributed by atoms with van der Waals surface area (Å²) < 4.78 is 1.73. The van der Waals surface area contributed by atoms with Crippen LogP contribution in [0.15, 0.2) is 24.3 Å². The Hall–Kier alpha value is -1.68. The molecule has 0 aliphatic carbocycles. The van der Waals surface area contributed by atoms with E-state index in [1.54, 1.807) is 4.68 Å². The lowest BCUT2D eigenvalue weighted by molar-refractivity contribution is 0.703. The summed E-state index contributed by atoms with van der Waals surface area (Å²) in [5.41, 5.74) is 7.98. The average molecular weight is 230 g/mol. The summed E-state index contributed by atoms with van der Waals surface area (Å²) in [5.74, 6) is 1.55. The van der Waals surface area contributed by atoms with Crippen molar-refractivity contribution in [2.45, 2.75) is 26.3 Å². The summed E-state index contributed by atoms with van der Waals surface area (Å²) in [4.78, 5) is 4.40. The highest BCUT2D eigenvalue weighted by atomic mass is 15.3. The van der Waals surface area contributed by atoms with E-state index in [1.165, 1.54) is 12.0 Å². The summed E-state index contributed by atoms with van der Waals surface area (Å²) in [7, 11) is 1.87. The lowest BCUT2D eigenvalue weighted by Crippen LogP contribution is -2.05. The third-order valence-electron chi connectivity index (χ3n) is 2.79. The monoisotopic (exact) mass is 230 g/mol. The largest absolute Gasteiger partial charge is 0.324 e. The second-order valence-electron chi connectivity index (χ2n) is 4.13. The van der Waals surface area contributed by atoms with E-state index in [2.05, 4.69) is 41.3 Å². The summed E-state index contributed by atoms with van der Waals surface area (Å²) >= 11 is 0. The number of nitrogens with zero attached hydrogens (tertiary/aromatic N) is 3. The second-order valence-corrected chi connectivity index (χ2v) is 4.13. The van der Waals surface area contributed by atoms with Gasteiger partial charge in [0.1, 0.15) is 5.82 Å². The molecular formula is C13H18N4. The number of aromatic nitrogens is 3. The summed E-state index contributed by atoms with van der Waals surface area (Å²) in [6.45, 7) is 2.60. The Balaban J connectivity index is 2.26. The molecule has 0 fully saturated rings. The molecular weight excluding hydrogens is 212 g/mol. The highest BCUT2D eigenvalue weighted by molar-refractivity contribution is 5.55. The number of hydrogen-bond donors (Lipinski definition) is 1. The SMILES string of the molecule is CCCc1ccc(-c2nc(CN)n(C)n2)cc1. The van der Waals surface area contributed by atoms with Crippen molar-refractivity contribution in [3.63, 3.8) is 0 Å². The van der Waals surface area contributed by atoms with E-state index in [0.29, 0.717) is 6.54 Å². The highest BCUT2D eigenvalue weighted by Crippen LogP contribution is 2.16. The molecule has 0 saturated heterocycles. The minimum Gasteiger partial charge on any atom is -0.324 e. The van der Waals surface area contributed by atoms with Crippen molar-refractivity contribution in [3.05, 3.63) is 35.7 Å². The number of aryl methyl sites for hydroxylation is 2. The molecule has 0 amide bonds. The molecule has 17 heavy (non-hydrogen) atoms. The highest BCUT2D eigenvalue weighted by Gasteiger charge is 2.07. The van der Waals surface area contributed by atoms with Gasteiger partial charge in [0, 0.05) is 12.6 Å². The molecule has 0 saturated carbocycles. The predicted octanol–water partition coefficient (Wildman–Crippen LogP) is 1.89. The smallest absolute Gasteiger partial charge is 0.181 e. The maximum Gasteiger partial charge on any atom is 0.181 e. The van der Waals surface area contributed by atoms with Crippen LogP contribution in [0.2, 0.25) is 0 Å². The summed E-state index contributed by atoms with van der Waals surface area (Å²) in [5, 5.41) is 4.35. The van der Waals surface area contributed by atoms with Gasteiger partial charge in [0.2, 0.25) is 0 Å². The fourth-order valence-electron chi connectivity index (χ4n) is 1.83. The average Bonchev–Trinajstić information content (AvgIpc) is 2.72. The first-order valence-electron chi connectivity index (χ1n) is 5.94. The quantitative estimate of drug-likeness (QED) is 0.872. The molecule has 2 rings (SSSR count). The standard InChI is InChI=1S/C13H18N4/c1-3-4-10-5-7-11(8-6-10)13-15-12(9-14)17(2)16-13/h5-8H,3-4,9,14H2,1-2H3. The van der Waals surface area contributed by atoms with Crippen molar-refractivity contribution < 1.29 is 0 Å². The van der Waals surface area contributed by atoms with Gasteiger partial charge in [0.25, 0.3) is 0 Å². The molecule has 1 heterocycles. The molecule has 1 aromatic heterocycles. The third-order valence-corrected chi connectivity index (χ3v) is 2.79. The van der Waals surface area contributed by atoms with Gasteiger partial charge in [-0.3, -0.25) is 4.68 Å². The molecule has 90 valence electrons. The van der Waals surface area contributed by atoms with E-state index in [-0.39, 0.29) is 0 Å². The van der Waals surface area contributed by atoms with Crippen LogP contribution in [0.1, 0.15) is 24.7 Å². The molecule has 4 nitrogen and oxygen atoms in total. The Bertz CT molecular complexity index is 485. The van der Waals surface area contributed by atoms with Gasteiger partial charge in [-0.15, -0.1) is 0 Å². The van der Waals surface area contributed by atoms with Gasteiger partial charge in [-0.2, -0.15) is 5.10 Å². The van der Waals surface area contributed by atoms with Gasteiger partial charge in [-0.25, -0.2) is 4.98 Å². The summed E-state index contributed by atoms with van der Waals surface area (Å²) in [6, 6.07) is 8.41. The Kier molecular flexibility index (Phi) is 3.54. The van der Waals surface area contributed by atoms with Gasteiger partial charge in [0.05, 0.1) is 6.54 Å². The fraction of sp³-hybridized carbons (Fsp3) is 0.385. The van der Waals surface area contributed by atoms with Crippen LogP contribution in [-0.2, 0) is 20.0 Å². The van der Waals surface area contributed by atoms with E-state index < -0.39 is 0 Å². The van der Waals surface area contributed by atoms with Crippen molar-refractivity contribution in [1.82, 2.24) is 14.8 Å². The third kappa shape index (κ3) is 2.53. The van der Waals surface area contributed by atoms with Crippen molar-refractivity contribution in [2.75, 3.05) is 0 Å². The molecule has 1 aromatic carbocycles. The molecule has 0 aliphatic rings. The molecule has 0 bridgehead atoms. The van der Waals surface area contributed by atoms with Crippen LogP contribution in [0.3, 0.4) is 0 Å². The van der Waals surface area contributed by atoms with Crippen LogP contribution in [0.4, 0.5) is 0 Å². The maximum absolute atomic E-state index is 5.58. The first-order chi connectivity index (χ1) is 8.24. The van der Waals surface area contributed by atoms with Crippen LogP contribution in [0.5, 0.6) is 0 Å².